The lowest BCUT2D eigenvalue weighted by atomic mass is 10.1. The van der Waals surface area contributed by atoms with E-state index in [0.29, 0.717) is 36.9 Å². The highest BCUT2D eigenvalue weighted by Crippen LogP contribution is 2.22. The van der Waals surface area contributed by atoms with Crippen LogP contribution in [0.5, 0.6) is 0 Å². The molecule has 0 N–H and O–H groups in total. The molecule has 1 saturated heterocycles. The predicted molar refractivity (Wildman–Crippen MR) is 88.8 cm³/mol. The van der Waals surface area contributed by atoms with Gasteiger partial charge in [-0.3, -0.25) is 4.79 Å². The number of rotatable bonds is 2. The van der Waals surface area contributed by atoms with Crippen molar-refractivity contribution in [1.82, 2.24) is 9.88 Å². The van der Waals surface area contributed by atoms with Crippen LogP contribution in [0.1, 0.15) is 10.4 Å². The normalized spacial score (nSPS) is 14.9. The van der Waals surface area contributed by atoms with Crippen LogP contribution in [0.4, 0.5) is 10.1 Å². The van der Waals surface area contributed by atoms with Gasteiger partial charge in [0, 0.05) is 38.1 Å². The third-order valence-corrected chi connectivity index (χ3v) is 4.32. The fourth-order valence-corrected chi connectivity index (χ4v) is 3.01. The molecule has 23 heavy (non-hydrogen) atoms. The van der Waals surface area contributed by atoms with Gasteiger partial charge in [-0.2, -0.15) is 0 Å². The van der Waals surface area contributed by atoms with Crippen molar-refractivity contribution < 1.29 is 9.18 Å². The average Bonchev–Trinajstić information content (AvgIpc) is 2.54. The summed E-state index contributed by atoms with van der Waals surface area (Å²) in [7, 11) is 0. The highest BCUT2D eigenvalue weighted by Gasteiger charge is 2.24. The summed E-state index contributed by atoms with van der Waals surface area (Å²) in [5, 5.41) is 0.581. The van der Waals surface area contributed by atoms with Crippen LogP contribution in [0.15, 0.2) is 36.5 Å². The van der Waals surface area contributed by atoms with Gasteiger partial charge in [-0.25, -0.2) is 9.37 Å². The molecule has 0 aliphatic carbocycles. The van der Waals surface area contributed by atoms with Gasteiger partial charge in [0.05, 0.1) is 10.6 Å². The van der Waals surface area contributed by atoms with Crippen molar-refractivity contribution in [2.24, 2.45) is 0 Å². The third kappa shape index (κ3) is 3.57. The summed E-state index contributed by atoms with van der Waals surface area (Å²) >= 11 is 11.9. The molecule has 4 nitrogen and oxygen atoms in total. The highest BCUT2D eigenvalue weighted by atomic mass is 35.5. The lowest BCUT2D eigenvalue weighted by Crippen LogP contribution is -2.48. The summed E-state index contributed by atoms with van der Waals surface area (Å²) in [6, 6.07) is 7.52. The van der Waals surface area contributed by atoms with Crippen molar-refractivity contribution in [3.8, 4) is 0 Å². The Balaban J connectivity index is 1.68. The molecule has 0 spiro atoms. The molecule has 2 heterocycles. The first-order valence-corrected chi connectivity index (χ1v) is 7.91. The zero-order valence-corrected chi connectivity index (χ0v) is 13.7. The molecular weight excluding hydrogens is 340 g/mol. The zero-order valence-electron chi connectivity index (χ0n) is 12.2. The van der Waals surface area contributed by atoms with E-state index in [-0.39, 0.29) is 10.9 Å². The molecule has 1 fully saturated rings. The Labute approximate surface area is 143 Å². The number of amides is 1. The van der Waals surface area contributed by atoms with Crippen molar-refractivity contribution >= 4 is 34.8 Å². The summed E-state index contributed by atoms with van der Waals surface area (Å²) in [6.07, 6.45) is 1.66. The molecular formula is C16H14Cl2FN3O. The first-order chi connectivity index (χ1) is 11.0. The number of pyridine rings is 1. The van der Waals surface area contributed by atoms with Crippen molar-refractivity contribution in [3.05, 3.63) is 58.1 Å². The number of piperazine rings is 1. The van der Waals surface area contributed by atoms with Gasteiger partial charge in [0.1, 0.15) is 11.0 Å². The Morgan fingerprint density at radius 2 is 1.83 bits per heavy atom. The molecule has 7 heteroatoms. The zero-order chi connectivity index (χ0) is 16.4. The van der Waals surface area contributed by atoms with E-state index >= 15 is 0 Å². The Morgan fingerprint density at radius 1 is 1.09 bits per heavy atom. The minimum atomic E-state index is -0.453. The molecule has 0 saturated carbocycles. The van der Waals surface area contributed by atoms with Crippen LogP contribution >= 0.6 is 23.2 Å². The molecule has 120 valence electrons. The standard InChI is InChI=1S/C16H14Cl2FN3O/c17-14-9-11(19)1-2-13(14)16(23)22-7-5-21(6-8-22)12-3-4-20-15(18)10-12/h1-4,9-10H,5-8H2. The van der Waals surface area contributed by atoms with E-state index in [1.807, 2.05) is 6.07 Å². The average molecular weight is 354 g/mol. The molecule has 0 atom stereocenters. The van der Waals surface area contributed by atoms with E-state index in [1.165, 1.54) is 12.1 Å². The van der Waals surface area contributed by atoms with Crippen LogP contribution in [-0.2, 0) is 0 Å². The number of anilines is 1. The van der Waals surface area contributed by atoms with Crippen LogP contribution in [-0.4, -0.2) is 42.0 Å². The van der Waals surface area contributed by atoms with E-state index in [4.69, 9.17) is 23.2 Å². The predicted octanol–water partition coefficient (Wildman–Crippen LogP) is 3.49. The molecule has 1 aliphatic heterocycles. The summed E-state index contributed by atoms with van der Waals surface area (Å²) in [4.78, 5) is 20.3. The Hall–Kier alpha value is -1.85. The summed E-state index contributed by atoms with van der Waals surface area (Å²) in [5.74, 6) is -0.631. The van der Waals surface area contributed by atoms with Gasteiger partial charge in [-0.15, -0.1) is 0 Å². The van der Waals surface area contributed by atoms with Gasteiger partial charge in [-0.1, -0.05) is 23.2 Å². The van der Waals surface area contributed by atoms with Gasteiger partial charge in [0.25, 0.3) is 5.91 Å². The van der Waals surface area contributed by atoms with Crippen molar-refractivity contribution in [3.63, 3.8) is 0 Å². The molecule has 1 amide bonds. The maximum Gasteiger partial charge on any atom is 0.255 e. The fraction of sp³-hybridized carbons (Fsp3) is 0.250. The van der Waals surface area contributed by atoms with Gasteiger partial charge >= 0.3 is 0 Å². The number of hydrogen-bond donors (Lipinski definition) is 0. The highest BCUT2D eigenvalue weighted by molar-refractivity contribution is 6.33. The number of aromatic nitrogens is 1. The van der Waals surface area contributed by atoms with Gasteiger partial charge < -0.3 is 9.80 Å². The number of halogens is 3. The van der Waals surface area contributed by atoms with Crippen LogP contribution < -0.4 is 4.90 Å². The van der Waals surface area contributed by atoms with E-state index < -0.39 is 5.82 Å². The van der Waals surface area contributed by atoms with Crippen LogP contribution in [0.2, 0.25) is 10.2 Å². The lowest BCUT2D eigenvalue weighted by molar-refractivity contribution is 0.0747. The molecule has 0 unspecified atom stereocenters. The van der Waals surface area contributed by atoms with Gasteiger partial charge in [-0.05, 0) is 30.3 Å². The molecule has 0 radical (unpaired) electrons. The van der Waals surface area contributed by atoms with Crippen molar-refractivity contribution in [2.45, 2.75) is 0 Å². The second kappa shape index (κ2) is 6.72. The van der Waals surface area contributed by atoms with E-state index in [9.17, 15) is 9.18 Å². The molecule has 1 aromatic heterocycles. The smallest absolute Gasteiger partial charge is 0.255 e. The largest absolute Gasteiger partial charge is 0.368 e. The number of carbonyl (C=O) groups is 1. The Bertz CT molecular complexity index is 733. The SMILES string of the molecule is O=C(c1ccc(F)cc1Cl)N1CCN(c2ccnc(Cl)c2)CC1. The molecule has 1 aliphatic rings. The molecule has 1 aromatic carbocycles. The minimum Gasteiger partial charge on any atom is -0.368 e. The van der Waals surface area contributed by atoms with Gasteiger partial charge in [0.2, 0.25) is 0 Å². The van der Waals surface area contributed by atoms with Crippen LogP contribution in [0.25, 0.3) is 0 Å². The monoisotopic (exact) mass is 353 g/mol. The Kier molecular flexibility index (Phi) is 4.68. The van der Waals surface area contributed by atoms with Crippen LogP contribution in [0.3, 0.4) is 0 Å². The van der Waals surface area contributed by atoms with Gasteiger partial charge in [0.15, 0.2) is 0 Å². The summed E-state index contributed by atoms with van der Waals surface area (Å²) in [5.41, 5.74) is 1.31. The second-order valence-electron chi connectivity index (χ2n) is 5.24. The topological polar surface area (TPSA) is 36.4 Å². The van der Waals surface area contributed by atoms with E-state index in [0.717, 1.165) is 11.8 Å². The maximum absolute atomic E-state index is 13.1. The fourth-order valence-electron chi connectivity index (χ4n) is 2.59. The lowest BCUT2D eigenvalue weighted by Gasteiger charge is -2.36. The summed E-state index contributed by atoms with van der Waals surface area (Å²) in [6.45, 7) is 2.49. The number of benzene rings is 1. The van der Waals surface area contributed by atoms with Crippen molar-refractivity contribution in [1.29, 1.82) is 0 Å². The quantitative estimate of drug-likeness (QED) is 0.775. The second-order valence-corrected chi connectivity index (χ2v) is 6.03. The first kappa shape index (κ1) is 16.0. The Morgan fingerprint density at radius 3 is 2.48 bits per heavy atom. The molecule has 3 rings (SSSR count). The van der Waals surface area contributed by atoms with Crippen LogP contribution in [0, 0.1) is 5.82 Å². The number of carbonyl (C=O) groups excluding carboxylic acids is 1. The molecule has 2 aromatic rings. The third-order valence-electron chi connectivity index (χ3n) is 3.80. The number of nitrogens with zero attached hydrogens (tertiary/aromatic N) is 3. The molecule has 0 bridgehead atoms. The van der Waals surface area contributed by atoms with E-state index in [1.54, 1.807) is 17.2 Å². The maximum atomic E-state index is 13.1. The van der Waals surface area contributed by atoms with E-state index in [2.05, 4.69) is 9.88 Å². The first-order valence-electron chi connectivity index (χ1n) is 7.15. The van der Waals surface area contributed by atoms with Crippen molar-refractivity contribution in [2.75, 3.05) is 31.1 Å². The number of hydrogen-bond acceptors (Lipinski definition) is 3. The minimum absolute atomic E-state index is 0.137. The summed E-state index contributed by atoms with van der Waals surface area (Å²) < 4.78 is 13.1.